The Balaban J connectivity index is 1.91. The molecule has 0 N–H and O–H groups in total. The molecule has 0 saturated carbocycles. The van der Waals surface area contributed by atoms with Crippen LogP contribution in [0.1, 0.15) is 28.4 Å². The van der Waals surface area contributed by atoms with E-state index in [1.54, 1.807) is 0 Å². The van der Waals surface area contributed by atoms with Crippen LogP contribution in [0.2, 0.25) is 0 Å². The topological polar surface area (TPSA) is 26.3 Å². The fourth-order valence-electron chi connectivity index (χ4n) is 2.01. The second kappa shape index (κ2) is 6.74. The van der Waals surface area contributed by atoms with Gasteiger partial charge in [-0.2, -0.15) is 0 Å². The maximum Gasteiger partial charge on any atom is 0.338 e. The van der Waals surface area contributed by atoms with Crippen molar-refractivity contribution >= 4 is 5.97 Å². The summed E-state index contributed by atoms with van der Waals surface area (Å²) in [5, 5.41) is 0. The van der Waals surface area contributed by atoms with Gasteiger partial charge < -0.3 is 4.74 Å². The molecule has 0 unspecified atom stereocenters. The van der Waals surface area contributed by atoms with E-state index in [9.17, 15) is 4.79 Å². The largest absolute Gasteiger partial charge is 0.462 e. The first-order valence-corrected chi connectivity index (χ1v) is 6.60. The Bertz CT molecular complexity index is 532. The third-order valence-corrected chi connectivity index (χ3v) is 3.08. The normalized spacial score (nSPS) is 10.2. The molecule has 19 heavy (non-hydrogen) atoms. The molecule has 0 amide bonds. The minimum atomic E-state index is -0.228. The van der Waals surface area contributed by atoms with E-state index in [0.29, 0.717) is 12.2 Å². The maximum atomic E-state index is 12.0. The van der Waals surface area contributed by atoms with Crippen molar-refractivity contribution in [2.45, 2.75) is 19.8 Å². The van der Waals surface area contributed by atoms with Crippen molar-refractivity contribution in [2.75, 3.05) is 6.61 Å². The zero-order valence-corrected chi connectivity index (χ0v) is 11.1. The van der Waals surface area contributed by atoms with E-state index in [0.717, 1.165) is 18.4 Å². The molecule has 0 aromatic heterocycles. The van der Waals surface area contributed by atoms with Crippen LogP contribution < -0.4 is 0 Å². The lowest BCUT2D eigenvalue weighted by Crippen LogP contribution is -2.10. The molecule has 2 aromatic carbocycles. The van der Waals surface area contributed by atoms with Gasteiger partial charge in [-0.05, 0) is 23.6 Å². The highest BCUT2D eigenvalue weighted by Crippen LogP contribution is 2.11. The van der Waals surface area contributed by atoms with Crippen molar-refractivity contribution in [3.05, 3.63) is 71.3 Å². The average molecular weight is 254 g/mol. The van der Waals surface area contributed by atoms with Gasteiger partial charge in [0.2, 0.25) is 0 Å². The van der Waals surface area contributed by atoms with E-state index in [-0.39, 0.29) is 5.97 Å². The molecule has 2 heteroatoms. The predicted octanol–water partition coefficient (Wildman–Crippen LogP) is 3.65. The first kappa shape index (κ1) is 13.3. The molecule has 0 bridgehead atoms. The maximum absolute atomic E-state index is 12.0. The van der Waals surface area contributed by atoms with Crippen LogP contribution in [0.5, 0.6) is 0 Å². The second-order valence-electron chi connectivity index (χ2n) is 4.38. The van der Waals surface area contributed by atoms with Gasteiger partial charge in [0.1, 0.15) is 0 Å². The van der Waals surface area contributed by atoms with E-state index in [1.165, 1.54) is 5.56 Å². The Morgan fingerprint density at radius 1 is 1.00 bits per heavy atom. The highest BCUT2D eigenvalue weighted by Gasteiger charge is 2.10. The number of hydrogen-bond donors (Lipinski definition) is 0. The fraction of sp³-hybridized carbons (Fsp3) is 0.235. The second-order valence-corrected chi connectivity index (χ2v) is 4.38. The van der Waals surface area contributed by atoms with Crippen LogP contribution in [0.15, 0.2) is 54.6 Å². The quantitative estimate of drug-likeness (QED) is 0.761. The molecule has 0 radical (unpaired) electrons. The van der Waals surface area contributed by atoms with Gasteiger partial charge in [-0.15, -0.1) is 0 Å². The Hall–Kier alpha value is -2.09. The Morgan fingerprint density at radius 2 is 1.68 bits per heavy atom. The lowest BCUT2D eigenvalue weighted by Gasteiger charge is -2.08. The summed E-state index contributed by atoms with van der Waals surface area (Å²) in [6.07, 6.45) is 1.59. The van der Waals surface area contributed by atoms with Crippen LogP contribution in [0.3, 0.4) is 0 Å². The Kier molecular flexibility index (Phi) is 4.73. The molecule has 0 saturated heterocycles. The molecule has 0 atom stereocenters. The van der Waals surface area contributed by atoms with Crippen LogP contribution >= 0.6 is 0 Å². The molecule has 2 aromatic rings. The summed E-state index contributed by atoms with van der Waals surface area (Å²) in [4.78, 5) is 12.0. The molecule has 0 aliphatic rings. The molecule has 2 nitrogen and oxygen atoms in total. The van der Waals surface area contributed by atoms with E-state index < -0.39 is 0 Å². The summed E-state index contributed by atoms with van der Waals surface area (Å²) in [7, 11) is 0. The predicted molar refractivity (Wildman–Crippen MR) is 76.2 cm³/mol. The van der Waals surface area contributed by atoms with Crippen molar-refractivity contribution in [3.8, 4) is 0 Å². The van der Waals surface area contributed by atoms with Crippen LogP contribution in [-0.4, -0.2) is 12.6 Å². The highest BCUT2D eigenvalue weighted by atomic mass is 16.5. The van der Waals surface area contributed by atoms with Crippen molar-refractivity contribution in [1.29, 1.82) is 0 Å². The SMILES string of the molecule is CCc1ccccc1C(=O)OCCc1ccccc1. The number of hydrogen-bond acceptors (Lipinski definition) is 2. The Morgan fingerprint density at radius 3 is 2.42 bits per heavy atom. The molecular formula is C17H18O2. The number of rotatable bonds is 5. The lowest BCUT2D eigenvalue weighted by atomic mass is 10.1. The molecule has 0 fully saturated rings. The van der Waals surface area contributed by atoms with Gasteiger partial charge in [-0.1, -0.05) is 55.5 Å². The third-order valence-electron chi connectivity index (χ3n) is 3.08. The number of esters is 1. The van der Waals surface area contributed by atoms with E-state index in [2.05, 4.69) is 0 Å². The smallest absolute Gasteiger partial charge is 0.338 e. The van der Waals surface area contributed by atoms with Crippen LogP contribution in [0, 0.1) is 0 Å². The molecule has 2 rings (SSSR count). The minimum absolute atomic E-state index is 0.228. The monoisotopic (exact) mass is 254 g/mol. The van der Waals surface area contributed by atoms with Gasteiger partial charge in [0.25, 0.3) is 0 Å². The van der Waals surface area contributed by atoms with Crippen molar-refractivity contribution in [3.63, 3.8) is 0 Å². The van der Waals surface area contributed by atoms with Crippen LogP contribution in [0.4, 0.5) is 0 Å². The number of carbonyl (C=O) groups excluding carboxylic acids is 1. The molecule has 0 heterocycles. The van der Waals surface area contributed by atoms with Gasteiger partial charge in [-0.25, -0.2) is 4.79 Å². The number of carbonyl (C=O) groups is 1. The van der Waals surface area contributed by atoms with Gasteiger partial charge in [0.05, 0.1) is 12.2 Å². The van der Waals surface area contributed by atoms with E-state index in [4.69, 9.17) is 4.74 Å². The Labute approximate surface area is 114 Å². The molecule has 0 aliphatic heterocycles. The summed E-state index contributed by atoms with van der Waals surface area (Å²) >= 11 is 0. The highest BCUT2D eigenvalue weighted by molar-refractivity contribution is 5.91. The van der Waals surface area contributed by atoms with Gasteiger partial charge in [0.15, 0.2) is 0 Å². The van der Waals surface area contributed by atoms with Gasteiger partial charge in [0, 0.05) is 6.42 Å². The fourth-order valence-corrected chi connectivity index (χ4v) is 2.01. The zero-order valence-electron chi connectivity index (χ0n) is 11.1. The zero-order chi connectivity index (χ0) is 13.5. The van der Waals surface area contributed by atoms with Gasteiger partial charge >= 0.3 is 5.97 Å². The van der Waals surface area contributed by atoms with Crippen molar-refractivity contribution in [2.24, 2.45) is 0 Å². The summed E-state index contributed by atoms with van der Waals surface area (Å²) in [6.45, 7) is 2.46. The summed E-state index contributed by atoms with van der Waals surface area (Å²) < 4.78 is 5.34. The molecular weight excluding hydrogens is 236 g/mol. The van der Waals surface area contributed by atoms with Crippen LogP contribution in [0.25, 0.3) is 0 Å². The molecule has 0 aliphatic carbocycles. The summed E-state index contributed by atoms with van der Waals surface area (Å²) in [5.41, 5.74) is 2.89. The summed E-state index contributed by atoms with van der Waals surface area (Å²) in [5.74, 6) is -0.228. The number of aryl methyl sites for hydroxylation is 1. The molecule has 0 spiro atoms. The van der Waals surface area contributed by atoms with Crippen molar-refractivity contribution in [1.82, 2.24) is 0 Å². The third kappa shape index (κ3) is 3.68. The number of ether oxygens (including phenoxy) is 1. The van der Waals surface area contributed by atoms with Crippen molar-refractivity contribution < 1.29 is 9.53 Å². The lowest BCUT2D eigenvalue weighted by molar-refractivity contribution is 0.0508. The molecule has 98 valence electrons. The van der Waals surface area contributed by atoms with E-state index >= 15 is 0 Å². The summed E-state index contributed by atoms with van der Waals surface area (Å²) in [6, 6.07) is 17.6. The first-order valence-electron chi connectivity index (χ1n) is 6.60. The van der Waals surface area contributed by atoms with E-state index in [1.807, 2.05) is 61.5 Å². The average Bonchev–Trinajstić information content (AvgIpc) is 2.48. The van der Waals surface area contributed by atoms with Crippen LogP contribution in [-0.2, 0) is 17.6 Å². The number of benzene rings is 2. The standard InChI is InChI=1S/C17H18O2/c1-2-15-10-6-7-11-16(15)17(18)19-13-12-14-8-4-3-5-9-14/h3-11H,2,12-13H2,1H3. The minimum Gasteiger partial charge on any atom is -0.462 e. The first-order chi connectivity index (χ1) is 9.31. The van der Waals surface area contributed by atoms with Gasteiger partial charge in [-0.3, -0.25) is 0 Å².